The second kappa shape index (κ2) is 7.82. The monoisotopic (exact) mass is 380 g/mol. The van der Waals surface area contributed by atoms with Crippen LogP contribution in [-0.2, 0) is 13.6 Å². The van der Waals surface area contributed by atoms with Crippen LogP contribution in [0.25, 0.3) is 11.1 Å². The second-order valence-corrected chi connectivity index (χ2v) is 8.54. The number of aromatic amines is 1. The molecule has 1 aromatic carbocycles. The van der Waals surface area contributed by atoms with Gasteiger partial charge in [-0.3, -0.25) is 14.5 Å². The lowest BCUT2D eigenvalue weighted by Gasteiger charge is -2.20. The largest absolute Gasteiger partial charge is 0.379 e. The van der Waals surface area contributed by atoms with Crippen LogP contribution in [0.15, 0.2) is 24.3 Å². The highest BCUT2D eigenvalue weighted by atomic mass is 31.2. The van der Waals surface area contributed by atoms with E-state index in [2.05, 4.69) is 10.2 Å². The number of carbonyl (C=O) groups is 1. The van der Waals surface area contributed by atoms with E-state index in [1.807, 2.05) is 0 Å². The lowest BCUT2D eigenvalue weighted by Crippen LogP contribution is -2.19. The van der Waals surface area contributed by atoms with E-state index < -0.39 is 13.4 Å². The summed E-state index contributed by atoms with van der Waals surface area (Å²) in [5.41, 5.74) is 1.19. The average molecular weight is 380 g/mol. The van der Waals surface area contributed by atoms with Gasteiger partial charge in [-0.2, -0.15) is 5.10 Å². The topological polar surface area (TPSA) is 81.3 Å². The van der Waals surface area contributed by atoms with Crippen molar-refractivity contribution in [3.8, 4) is 11.1 Å². The summed E-state index contributed by atoms with van der Waals surface area (Å²) in [6, 6.07) is 5.62. The van der Waals surface area contributed by atoms with Gasteiger partial charge in [0.15, 0.2) is 11.2 Å². The number of nitrogens with zero attached hydrogens (tertiary/aromatic N) is 1. The number of benzene rings is 1. The normalized spacial score (nSPS) is 16.0. The molecule has 0 saturated heterocycles. The molecule has 26 heavy (non-hydrogen) atoms. The quantitative estimate of drug-likeness (QED) is 0.603. The van der Waals surface area contributed by atoms with Crippen LogP contribution in [0.4, 0.5) is 4.39 Å². The zero-order chi connectivity index (χ0) is 18.7. The summed E-state index contributed by atoms with van der Waals surface area (Å²) in [7, 11) is -1.14. The Balaban J connectivity index is 2.12. The third-order valence-corrected chi connectivity index (χ3v) is 6.68. The molecule has 0 spiro atoms. The minimum atomic E-state index is -3.67. The van der Waals surface area contributed by atoms with E-state index in [4.69, 9.17) is 9.05 Å². The molecule has 0 unspecified atom stereocenters. The van der Waals surface area contributed by atoms with Crippen molar-refractivity contribution in [2.24, 2.45) is 5.92 Å². The van der Waals surface area contributed by atoms with Crippen LogP contribution in [0.1, 0.15) is 42.6 Å². The zero-order valence-corrected chi connectivity index (χ0v) is 15.7. The fraction of sp³-hybridized carbons (Fsp3) is 0.444. The molecule has 1 aromatic heterocycles. The van der Waals surface area contributed by atoms with Crippen LogP contribution < -0.4 is 5.44 Å². The molecule has 3 rings (SSSR count). The molecule has 6 nitrogen and oxygen atoms in total. The summed E-state index contributed by atoms with van der Waals surface area (Å²) >= 11 is 0. The molecule has 0 radical (unpaired) electrons. The zero-order valence-electron chi connectivity index (χ0n) is 14.8. The van der Waals surface area contributed by atoms with E-state index in [0.717, 1.165) is 32.1 Å². The Morgan fingerprint density at radius 2 is 1.77 bits per heavy atom. The average Bonchev–Trinajstić information content (AvgIpc) is 3.13. The molecular formula is C18H22FN2O4P. The molecule has 1 fully saturated rings. The first kappa shape index (κ1) is 19.0. The number of carbonyl (C=O) groups excluding carboxylic acids is 1. The van der Waals surface area contributed by atoms with Gasteiger partial charge < -0.3 is 9.05 Å². The van der Waals surface area contributed by atoms with E-state index in [1.165, 1.54) is 38.5 Å². The predicted molar refractivity (Wildman–Crippen MR) is 96.1 cm³/mol. The second-order valence-electron chi connectivity index (χ2n) is 6.36. The van der Waals surface area contributed by atoms with Crippen molar-refractivity contribution in [2.75, 3.05) is 14.2 Å². The van der Waals surface area contributed by atoms with Gasteiger partial charge in [-0.15, -0.1) is 0 Å². The van der Waals surface area contributed by atoms with Gasteiger partial charge in [-0.05, 0) is 30.5 Å². The Kier molecular flexibility index (Phi) is 5.70. The minimum absolute atomic E-state index is 0.0923. The Labute approximate surface area is 151 Å². The molecule has 140 valence electrons. The van der Waals surface area contributed by atoms with E-state index in [1.54, 1.807) is 0 Å². The van der Waals surface area contributed by atoms with Gasteiger partial charge in [0.1, 0.15) is 11.5 Å². The molecule has 2 aromatic rings. The van der Waals surface area contributed by atoms with Crippen molar-refractivity contribution in [1.29, 1.82) is 0 Å². The standard InChI is InChI=1S/C18H22FN2O4P/c1-24-26(23,25-2)18-15(12-8-10-14(19)11-9-12)16(20-21-18)17(22)13-6-4-3-5-7-13/h8-11,13H,3-7H2,1-2H3,(H,20,21). The molecule has 0 atom stereocenters. The summed E-state index contributed by atoms with van der Waals surface area (Å²) in [6.07, 6.45) is 4.78. The molecule has 1 aliphatic carbocycles. The highest BCUT2D eigenvalue weighted by molar-refractivity contribution is 7.62. The third-order valence-electron chi connectivity index (χ3n) is 4.84. The van der Waals surface area contributed by atoms with Gasteiger partial charge in [-0.1, -0.05) is 31.4 Å². The number of nitrogens with one attached hydrogen (secondary N) is 1. The molecule has 8 heteroatoms. The summed E-state index contributed by atoms with van der Waals surface area (Å²) in [6.45, 7) is 0. The van der Waals surface area contributed by atoms with E-state index in [-0.39, 0.29) is 22.8 Å². The number of hydrogen-bond acceptors (Lipinski definition) is 5. The number of H-pyrrole nitrogens is 1. The van der Waals surface area contributed by atoms with Crippen LogP contribution in [-0.4, -0.2) is 30.2 Å². The first-order chi connectivity index (χ1) is 12.5. The van der Waals surface area contributed by atoms with E-state index >= 15 is 0 Å². The summed E-state index contributed by atoms with van der Waals surface area (Å²) in [5.74, 6) is -0.602. The van der Waals surface area contributed by atoms with Crippen molar-refractivity contribution in [3.05, 3.63) is 35.8 Å². The summed E-state index contributed by atoms with van der Waals surface area (Å²) < 4.78 is 36.4. The third kappa shape index (κ3) is 3.52. The SMILES string of the molecule is COP(=O)(OC)c1[nH]nc(C(=O)C2CCCCC2)c1-c1ccc(F)cc1. The van der Waals surface area contributed by atoms with Crippen molar-refractivity contribution in [2.45, 2.75) is 32.1 Å². The number of Topliss-reactive ketones (excluding diaryl/α,β-unsaturated/α-hetero) is 1. The molecule has 1 heterocycles. The summed E-state index contributed by atoms with van der Waals surface area (Å²) in [4.78, 5) is 13.0. The van der Waals surface area contributed by atoms with Crippen LogP contribution >= 0.6 is 7.60 Å². The van der Waals surface area contributed by atoms with Gasteiger partial charge in [0.2, 0.25) is 0 Å². The summed E-state index contributed by atoms with van der Waals surface area (Å²) in [5, 5.41) is 6.82. The van der Waals surface area contributed by atoms with Crippen molar-refractivity contribution < 1.29 is 22.8 Å². The van der Waals surface area contributed by atoms with Gasteiger partial charge >= 0.3 is 7.60 Å². The first-order valence-electron chi connectivity index (χ1n) is 8.60. The lowest BCUT2D eigenvalue weighted by atomic mass is 9.84. The maximum absolute atomic E-state index is 13.4. The molecule has 0 amide bonds. The van der Waals surface area contributed by atoms with E-state index in [9.17, 15) is 13.8 Å². The smallest absolute Gasteiger partial charge is 0.308 e. The number of ketones is 1. The Morgan fingerprint density at radius 3 is 2.35 bits per heavy atom. The highest BCUT2D eigenvalue weighted by Gasteiger charge is 2.36. The number of rotatable bonds is 6. The van der Waals surface area contributed by atoms with Crippen LogP contribution in [0.3, 0.4) is 0 Å². The maximum Gasteiger partial charge on any atom is 0.379 e. The molecule has 1 saturated carbocycles. The number of halogens is 1. The van der Waals surface area contributed by atoms with Gasteiger partial charge in [-0.25, -0.2) is 4.39 Å². The maximum atomic E-state index is 13.4. The Morgan fingerprint density at radius 1 is 1.15 bits per heavy atom. The Hall–Kier alpha value is -1.82. The number of aromatic nitrogens is 2. The fourth-order valence-corrected chi connectivity index (χ4v) is 4.61. The van der Waals surface area contributed by atoms with Gasteiger partial charge in [0.25, 0.3) is 0 Å². The van der Waals surface area contributed by atoms with Gasteiger partial charge in [0.05, 0.1) is 0 Å². The fourth-order valence-electron chi connectivity index (χ4n) is 3.41. The highest BCUT2D eigenvalue weighted by Crippen LogP contribution is 2.48. The molecule has 1 aliphatic rings. The van der Waals surface area contributed by atoms with Crippen molar-refractivity contribution in [1.82, 2.24) is 10.2 Å². The van der Waals surface area contributed by atoms with Gasteiger partial charge in [0, 0.05) is 25.7 Å². The minimum Gasteiger partial charge on any atom is -0.308 e. The Bertz CT molecular complexity index is 820. The van der Waals surface area contributed by atoms with Crippen molar-refractivity contribution >= 4 is 18.8 Å². The van der Waals surface area contributed by atoms with Crippen LogP contribution in [0.5, 0.6) is 0 Å². The molecule has 1 N–H and O–H groups in total. The molecule has 0 aliphatic heterocycles. The van der Waals surface area contributed by atoms with E-state index in [0.29, 0.717) is 11.1 Å². The van der Waals surface area contributed by atoms with Crippen LogP contribution in [0, 0.1) is 11.7 Å². The first-order valence-corrected chi connectivity index (χ1v) is 10.1. The number of hydrogen-bond donors (Lipinski definition) is 1. The van der Waals surface area contributed by atoms with Crippen LogP contribution in [0.2, 0.25) is 0 Å². The molecular weight excluding hydrogens is 358 g/mol. The predicted octanol–water partition coefficient (Wildman–Crippen LogP) is 4.09. The molecule has 0 bridgehead atoms. The lowest BCUT2D eigenvalue weighted by molar-refractivity contribution is 0.0885. The van der Waals surface area contributed by atoms with Crippen molar-refractivity contribution in [3.63, 3.8) is 0 Å².